The summed E-state index contributed by atoms with van der Waals surface area (Å²) in [7, 11) is 0. The van der Waals surface area contributed by atoms with E-state index >= 15 is 0 Å². The molecule has 0 saturated heterocycles. The summed E-state index contributed by atoms with van der Waals surface area (Å²) in [5.41, 5.74) is 7.41. The molecule has 0 saturated carbocycles. The number of benzene rings is 1. The van der Waals surface area contributed by atoms with E-state index in [2.05, 4.69) is 15.1 Å². The van der Waals surface area contributed by atoms with Crippen molar-refractivity contribution in [3.05, 3.63) is 59.0 Å². The van der Waals surface area contributed by atoms with Gasteiger partial charge in [-0.25, -0.2) is 4.98 Å². The van der Waals surface area contributed by atoms with E-state index in [9.17, 15) is 0 Å². The van der Waals surface area contributed by atoms with E-state index < -0.39 is 0 Å². The third-order valence-corrected chi connectivity index (χ3v) is 2.98. The summed E-state index contributed by atoms with van der Waals surface area (Å²) in [4.78, 5) is 8.27. The summed E-state index contributed by atoms with van der Waals surface area (Å²) >= 11 is 5.94. The van der Waals surface area contributed by atoms with Crippen molar-refractivity contribution in [2.24, 2.45) is 0 Å². The summed E-state index contributed by atoms with van der Waals surface area (Å²) in [6, 6.07) is 11.0. The van der Waals surface area contributed by atoms with Gasteiger partial charge in [0.2, 0.25) is 0 Å². The van der Waals surface area contributed by atoms with E-state index in [1.54, 1.807) is 18.3 Å². The molecule has 2 aromatic heterocycles. The second-order valence-corrected chi connectivity index (χ2v) is 4.73. The van der Waals surface area contributed by atoms with Crippen molar-refractivity contribution in [2.75, 3.05) is 5.73 Å². The van der Waals surface area contributed by atoms with Gasteiger partial charge in [0.05, 0.1) is 0 Å². The zero-order valence-corrected chi connectivity index (χ0v) is 11.2. The molecule has 2 N–H and O–H groups in total. The number of hydrogen-bond donors (Lipinski definition) is 1. The molecule has 0 aliphatic rings. The molecule has 0 atom stereocenters. The highest BCUT2D eigenvalue weighted by atomic mass is 35.5. The summed E-state index contributed by atoms with van der Waals surface area (Å²) in [6.07, 6.45) is 2.16. The number of halogens is 1. The van der Waals surface area contributed by atoms with Crippen LogP contribution in [0.2, 0.25) is 5.02 Å². The van der Waals surface area contributed by atoms with Crippen molar-refractivity contribution in [1.82, 2.24) is 15.1 Å². The maximum Gasteiger partial charge on any atom is 0.258 e. The first kappa shape index (κ1) is 12.6. The Balaban J connectivity index is 1.84. The highest BCUT2D eigenvalue weighted by molar-refractivity contribution is 6.30. The quantitative estimate of drug-likeness (QED) is 0.801. The molecule has 3 aromatic rings. The van der Waals surface area contributed by atoms with Crippen LogP contribution in [0.1, 0.15) is 11.4 Å². The first-order chi connectivity index (χ1) is 9.70. The number of pyridine rings is 1. The first-order valence-electron chi connectivity index (χ1n) is 5.99. The van der Waals surface area contributed by atoms with Gasteiger partial charge >= 0.3 is 0 Å². The Morgan fingerprint density at radius 3 is 2.90 bits per heavy atom. The molecular formula is C14H11ClN4O. The number of nitrogens with zero attached hydrogens (tertiary/aromatic N) is 3. The number of nitrogen functional groups attached to an aromatic ring is 1. The lowest BCUT2D eigenvalue weighted by Crippen LogP contribution is -1.91. The standard InChI is InChI=1S/C14H11ClN4O/c15-11-3-1-2-9(6-11)7-13-18-14(20-19-13)10-4-5-17-12(16)8-10/h1-6,8H,7H2,(H2,16,17). The molecule has 0 unspecified atom stereocenters. The molecule has 100 valence electrons. The molecule has 1 aromatic carbocycles. The van der Waals surface area contributed by atoms with E-state index in [0.29, 0.717) is 29.0 Å². The van der Waals surface area contributed by atoms with E-state index in [1.165, 1.54) is 0 Å². The Morgan fingerprint density at radius 1 is 1.20 bits per heavy atom. The average Bonchev–Trinajstić information content (AvgIpc) is 2.87. The normalized spacial score (nSPS) is 10.7. The van der Waals surface area contributed by atoms with Crippen LogP contribution in [-0.2, 0) is 6.42 Å². The molecule has 0 amide bonds. The van der Waals surface area contributed by atoms with Crippen LogP contribution in [-0.4, -0.2) is 15.1 Å². The van der Waals surface area contributed by atoms with E-state index in [0.717, 1.165) is 11.1 Å². The number of hydrogen-bond acceptors (Lipinski definition) is 5. The van der Waals surface area contributed by atoms with Gasteiger partial charge in [0.1, 0.15) is 5.82 Å². The molecule has 0 aliphatic heterocycles. The van der Waals surface area contributed by atoms with Crippen LogP contribution in [0.4, 0.5) is 5.82 Å². The molecule has 6 heteroatoms. The molecule has 2 heterocycles. The van der Waals surface area contributed by atoms with Gasteiger partial charge in [0, 0.05) is 23.2 Å². The molecule has 3 rings (SSSR count). The topological polar surface area (TPSA) is 77.8 Å². The third-order valence-electron chi connectivity index (χ3n) is 2.75. The Labute approximate surface area is 120 Å². The Hall–Kier alpha value is -2.40. The molecule has 5 nitrogen and oxygen atoms in total. The monoisotopic (exact) mass is 286 g/mol. The molecule has 0 radical (unpaired) electrons. The van der Waals surface area contributed by atoms with Crippen molar-refractivity contribution >= 4 is 17.4 Å². The van der Waals surface area contributed by atoms with Crippen LogP contribution in [0.3, 0.4) is 0 Å². The number of aromatic nitrogens is 3. The van der Waals surface area contributed by atoms with Gasteiger partial charge in [-0.1, -0.05) is 28.9 Å². The van der Waals surface area contributed by atoms with Crippen LogP contribution >= 0.6 is 11.6 Å². The van der Waals surface area contributed by atoms with Gasteiger partial charge in [-0.15, -0.1) is 0 Å². The molecule has 0 spiro atoms. The van der Waals surface area contributed by atoms with Crippen molar-refractivity contribution in [2.45, 2.75) is 6.42 Å². The largest absolute Gasteiger partial charge is 0.384 e. The maximum atomic E-state index is 5.94. The van der Waals surface area contributed by atoms with Crippen LogP contribution < -0.4 is 5.73 Å². The lowest BCUT2D eigenvalue weighted by Gasteiger charge is -1.97. The van der Waals surface area contributed by atoms with E-state index in [-0.39, 0.29) is 0 Å². The van der Waals surface area contributed by atoms with Crippen molar-refractivity contribution in [1.29, 1.82) is 0 Å². The minimum absolute atomic E-state index is 0.414. The lowest BCUT2D eigenvalue weighted by atomic mass is 10.1. The Morgan fingerprint density at radius 2 is 2.10 bits per heavy atom. The Bertz CT molecular complexity index is 741. The SMILES string of the molecule is Nc1cc(-c2nc(Cc3cccc(Cl)c3)no2)ccn1. The minimum Gasteiger partial charge on any atom is -0.384 e. The van der Waals surface area contributed by atoms with Gasteiger partial charge in [-0.2, -0.15) is 4.98 Å². The van der Waals surface area contributed by atoms with Crippen molar-refractivity contribution in [3.8, 4) is 11.5 Å². The zero-order valence-electron chi connectivity index (χ0n) is 10.5. The Kier molecular flexibility index (Phi) is 3.35. The third kappa shape index (κ3) is 2.78. The predicted molar refractivity (Wildman–Crippen MR) is 76.2 cm³/mol. The average molecular weight is 287 g/mol. The fourth-order valence-electron chi connectivity index (χ4n) is 1.85. The molecular weight excluding hydrogens is 276 g/mol. The van der Waals surface area contributed by atoms with Gasteiger partial charge in [0.25, 0.3) is 5.89 Å². The van der Waals surface area contributed by atoms with Gasteiger partial charge in [-0.3, -0.25) is 0 Å². The summed E-state index contributed by atoms with van der Waals surface area (Å²) in [6.45, 7) is 0. The fraction of sp³-hybridized carbons (Fsp3) is 0.0714. The lowest BCUT2D eigenvalue weighted by molar-refractivity contribution is 0.424. The van der Waals surface area contributed by atoms with E-state index in [1.807, 2.05) is 24.3 Å². The van der Waals surface area contributed by atoms with Gasteiger partial charge < -0.3 is 10.3 Å². The summed E-state index contributed by atoms with van der Waals surface area (Å²) in [5.74, 6) is 1.44. The van der Waals surface area contributed by atoms with Crippen LogP contribution in [0.25, 0.3) is 11.5 Å². The van der Waals surface area contributed by atoms with Crippen LogP contribution in [0.15, 0.2) is 47.1 Å². The predicted octanol–water partition coefficient (Wildman–Crippen LogP) is 2.96. The van der Waals surface area contributed by atoms with Crippen molar-refractivity contribution < 1.29 is 4.52 Å². The highest BCUT2D eigenvalue weighted by Crippen LogP contribution is 2.19. The fourth-order valence-corrected chi connectivity index (χ4v) is 2.07. The first-order valence-corrected chi connectivity index (χ1v) is 6.37. The zero-order chi connectivity index (χ0) is 13.9. The second kappa shape index (κ2) is 5.30. The summed E-state index contributed by atoms with van der Waals surface area (Å²) < 4.78 is 5.23. The highest BCUT2D eigenvalue weighted by Gasteiger charge is 2.10. The van der Waals surface area contributed by atoms with Gasteiger partial charge in [0.15, 0.2) is 5.82 Å². The maximum absolute atomic E-state index is 5.94. The number of nitrogens with two attached hydrogens (primary N) is 1. The van der Waals surface area contributed by atoms with Gasteiger partial charge in [-0.05, 0) is 29.8 Å². The number of rotatable bonds is 3. The van der Waals surface area contributed by atoms with Crippen molar-refractivity contribution in [3.63, 3.8) is 0 Å². The smallest absolute Gasteiger partial charge is 0.258 e. The molecule has 0 bridgehead atoms. The minimum atomic E-state index is 0.414. The molecule has 20 heavy (non-hydrogen) atoms. The molecule has 0 fully saturated rings. The number of anilines is 1. The van der Waals surface area contributed by atoms with Crippen LogP contribution in [0.5, 0.6) is 0 Å². The molecule has 0 aliphatic carbocycles. The second-order valence-electron chi connectivity index (χ2n) is 4.29. The van der Waals surface area contributed by atoms with Crippen LogP contribution in [0, 0.1) is 0 Å². The summed E-state index contributed by atoms with van der Waals surface area (Å²) in [5, 5.41) is 4.64. The van der Waals surface area contributed by atoms with E-state index in [4.69, 9.17) is 21.9 Å².